The van der Waals surface area contributed by atoms with Gasteiger partial charge in [0.2, 0.25) is 0 Å². The van der Waals surface area contributed by atoms with Crippen molar-refractivity contribution in [2.75, 3.05) is 0 Å². The molecule has 0 aliphatic carbocycles. The third-order valence-electron chi connectivity index (χ3n) is 1.28. The van der Waals surface area contributed by atoms with Crippen LogP contribution in [-0.2, 0) is 11.1 Å². The van der Waals surface area contributed by atoms with E-state index in [0.717, 1.165) is 5.56 Å². The normalized spacial score (nSPS) is 13.0. The zero-order chi connectivity index (χ0) is 8.43. The van der Waals surface area contributed by atoms with Gasteiger partial charge in [0.15, 0.2) is 11.1 Å². The SMILES string of the molecule is Cc1ccc(S(=O)O)c(Br)c1. The molecule has 0 radical (unpaired) electrons. The average molecular weight is 235 g/mol. The Morgan fingerprint density at radius 1 is 1.55 bits per heavy atom. The number of aryl methyl sites for hydroxylation is 1. The van der Waals surface area contributed by atoms with E-state index in [1.165, 1.54) is 0 Å². The lowest BCUT2D eigenvalue weighted by Crippen LogP contribution is -1.89. The Morgan fingerprint density at radius 3 is 2.64 bits per heavy atom. The maximum atomic E-state index is 10.6. The second kappa shape index (κ2) is 3.47. The van der Waals surface area contributed by atoms with Gasteiger partial charge < -0.3 is 4.55 Å². The molecule has 0 saturated carbocycles. The lowest BCUT2D eigenvalue weighted by Gasteiger charge is -1.99. The highest BCUT2D eigenvalue weighted by Crippen LogP contribution is 2.20. The van der Waals surface area contributed by atoms with Crippen LogP contribution in [0.5, 0.6) is 0 Å². The summed E-state index contributed by atoms with van der Waals surface area (Å²) in [7, 11) is 0. The highest BCUT2D eigenvalue weighted by Gasteiger charge is 2.04. The number of hydrogen-bond donors (Lipinski definition) is 1. The first kappa shape index (κ1) is 8.90. The molecule has 2 nitrogen and oxygen atoms in total. The van der Waals surface area contributed by atoms with Gasteiger partial charge in [-0.3, -0.25) is 0 Å². The second-order valence-corrected chi connectivity index (χ2v) is 3.98. The molecule has 4 heteroatoms. The Bertz CT molecular complexity index is 298. The van der Waals surface area contributed by atoms with E-state index in [2.05, 4.69) is 15.9 Å². The summed E-state index contributed by atoms with van der Waals surface area (Å²) < 4.78 is 20.0. The van der Waals surface area contributed by atoms with Crippen molar-refractivity contribution in [1.82, 2.24) is 0 Å². The summed E-state index contributed by atoms with van der Waals surface area (Å²) in [6, 6.07) is 5.24. The predicted molar refractivity (Wildman–Crippen MR) is 47.9 cm³/mol. The van der Waals surface area contributed by atoms with Crippen LogP contribution in [0.3, 0.4) is 0 Å². The molecule has 0 fully saturated rings. The molecule has 1 atom stereocenters. The number of hydrogen-bond acceptors (Lipinski definition) is 1. The van der Waals surface area contributed by atoms with Crippen LogP contribution in [0.2, 0.25) is 0 Å². The van der Waals surface area contributed by atoms with E-state index < -0.39 is 11.1 Å². The van der Waals surface area contributed by atoms with Crippen LogP contribution in [0.15, 0.2) is 27.6 Å². The van der Waals surface area contributed by atoms with Crippen LogP contribution in [0, 0.1) is 6.92 Å². The highest BCUT2D eigenvalue weighted by molar-refractivity contribution is 9.10. The van der Waals surface area contributed by atoms with Crippen molar-refractivity contribution in [3.05, 3.63) is 28.2 Å². The smallest absolute Gasteiger partial charge is 0.187 e. The summed E-state index contributed by atoms with van der Waals surface area (Å²) in [6.07, 6.45) is 0. The molecule has 1 N–H and O–H groups in total. The molecule has 1 aromatic carbocycles. The van der Waals surface area contributed by atoms with Crippen molar-refractivity contribution >= 4 is 27.0 Å². The van der Waals surface area contributed by atoms with E-state index in [1.54, 1.807) is 12.1 Å². The van der Waals surface area contributed by atoms with Crippen LogP contribution < -0.4 is 0 Å². The van der Waals surface area contributed by atoms with Gasteiger partial charge in [-0.15, -0.1) is 0 Å². The van der Waals surface area contributed by atoms with E-state index in [1.807, 2.05) is 13.0 Å². The van der Waals surface area contributed by atoms with Crippen molar-refractivity contribution in [2.24, 2.45) is 0 Å². The Kier molecular flexibility index (Phi) is 2.81. The number of benzene rings is 1. The largest absolute Gasteiger partial charge is 0.302 e. The quantitative estimate of drug-likeness (QED) is 0.758. The molecule has 1 unspecified atom stereocenters. The van der Waals surface area contributed by atoms with Gasteiger partial charge in [0.1, 0.15) is 0 Å². The minimum absolute atomic E-state index is 0.413. The topological polar surface area (TPSA) is 37.3 Å². The summed E-state index contributed by atoms with van der Waals surface area (Å²) in [4.78, 5) is 0.413. The molecule has 1 rings (SSSR count). The Morgan fingerprint density at radius 2 is 2.18 bits per heavy atom. The Labute approximate surface area is 76.0 Å². The molecule has 0 bridgehead atoms. The van der Waals surface area contributed by atoms with Gasteiger partial charge in [-0.05, 0) is 40.5 Å². The molecule has 60 valence electrons. The molecule has 0 aliphatic rings. The number of halogens is 1. The molecule has 11 heavy (non-hydrogen) atoms. The summed E-state index contributed by atoms with van der Waals surface area (Å²) in [6.45, 7) is 1.93. The molecule has 0 amide bonds. The van der Waals surface area contributed by atoms with Crippen molar-refractivity contribution in [2.45, 2.75) is 11.8 Å². The number of rotatable bonds is 1. The van der Waals surface area contributed by atoms with Gasteiger partial charge >= 0.3 is 0 Å². The zero-order valence-corrected chi connectivity index (χ0v) is 8.28. The lowest BCUT2D eigenvalue weighted by molar-refractivity contribution is 0.564. The third kappa shape index (κ3) is 2.12. The second-order valence-electron chi connectivity index (χ2n) is 2.18. The average Bonchev–Trinajstić information content (AvgIpc) is 1.85. The lowest BCUT2D eigenvalue weighted by atomic mass is 10.2. The molecular weight excluding hydrogens is 228 g/mol. The molecule has 0 saturated heterocycles. The predicted octanol–water partition coefficient (Wildman–Crippen LogP) is 2.34. The molecule has 0 aliphatic heterocycles. The first-order valence-corrected chi connectivity index (χ1v) is 4.88. The van der Waals surface area contributed by atoms with Gasteiger partial charge in [0, 0.05) is 4.47 Å². The fraction of sp³-hybridized carbons (Fsp3) is 0.143. The minimum Gasteiger partial charge on any atom is -0.302 e. The Hall–Kier alpha value is -0.190. The molecule has 1 aromatic rings. The third-order valence-corrected chi connectivity index (χ3v) is 2.93. The standard InChI is InChI=1S/C7H7BrO2S/c1-5-2-3-7(11(9)10)6(8)4-5/h2-4H,1H3,(H,9,10). The molecular formula is C7H7BrO2S. The van der Waals surface area contributed by atoms with Crippen molar-refractivity contribution in [3.63, 3.8) is 0 Å². The monoisotopic (exact) mass is 234 g/mol. The maximum Gasteiger partial charge on any atom is 0.187 e. The summed E-state index contributed by atoms with van der Waals surface area (Å²) in [5, 5.41) is 0. The highest BCUT2D eigenvalue weighted by atomic mass is 79.9. The minimum atomic E-state index is -1.90. The van der Waals surface area contributed by atoms with Gasteiger partial charge in [-0.25, -0.2) is 4.21 Å². The molecule has 0 aromatic heterocycles. The van der Waals surface area contributed by atoms with Gasteiger partial charge in [0.25, 0.3) is 0 Å². The summed E-state index contributed by atoms with van der Waals surface area (Å²) in [5.41, 5.74) is 1.06. The van der Waals surface area contributed by atoms with E-state index in [9.17, 15) is 4.21 Å². The Balaban J connectivity index is 3.20. The van der Waals surface area contributed by atoms with E-state index in [0.29, 0.717) is 9.37 Å². The van der Waals surface area contributed by atoms with Crippen LogP contribution in [0.25, 0.3) is 0 Å². The van der Waals surface area contributed by atoms with E-state index in [-0.39, 0.29) is 0 Å². The van der Waals surface area contributed by atoms with Crippen molar-refractivity contribution in [1.29, 1.82) is 0 Å². The van der Waals surface area contributed by atoms with Crippen LogP contribution in [0.4, 0.5) is 0 Å². The maximum absolute atomic E-state index is 10.6. The van der Waals surface area contributed by atoms with Gasteiger partial charge in [-0.2, -0.15) is 0 Å². The van der Waals surface area contributed by atoms with Gasteiger partial charge in [0.05, 0.1) is 4.90 Å². The van der Waals surface area contributed by atoms with Crippen molar-refractivity contribution < 1.29 is 8.76 Å². The van der Waals surface area contributed by atoms with Crippen LogP contribution in [0.1, 0.15) is 5.56 Å². The van der Waals surface area contributed by atoms with Gasteiger partial charge in [-0.1, -0.05) is 6.07 Å². The zero-order valence-electron chi connectivity index (χ0n) is 5.87. The van der Waals surface area contributed by atoms with E-state index >= 15 is 0 Å². The van der Waals surface area contributed by atoms with Crippen LogP contribution >= 0.6 is 15.9 Å². The molecule has 0 spiro atoms. The van der Waals surface area contributed by atoms with Crippen molar-refractivity contribution in [3.8, 4) is 0 Å². The summed E-state index contributed by atoms with van der Waals surface area (Å²) >= 11 is 1.30. The fourth-order valence-electron chi connectivity index (χ4n) is 0.747. The fourth-order valence-corrected chi connectivity index (χ4v) is 2.07. The summed E-state index contributed by atoms with van der Waals surface area (Å²) in [5.74, 6) is 0. The first-order valence-electron chi connectivity index (χ1n) is 2.98. The van der Waals surface area contributed by atoms with Crippen LogP contribution in [-0.4, -0.2) is 8.76 Å². The first-order chi connectivity index (χ1) is 5.11. The van der Waals surface area contributed by atoms with E-state index in [4.69, 9.17) is 4.55 Å². The molecule has 0 heterocycles.